The highest BCUT2D eigenvalue weighted by Crippen LogP contribution is 2.45. The summed E-state index contributed by atoms with van der Waals surface area (Å²) in [4.78, 5) is 25.9. The third-order valence-corrected chi connectivity index (χ3v) is 14.6. The molecule has 0 amide bonds. The maximum atomic E-state index is 8.67. The first-order chi connectivity index (χ1) is 40.0. The van der Waals surface area contributed by atoms with E-state index in [2.05, 4.69) is 168 Å². The Kier molecular flexibility index (Phi) is 12.9. The van der Waals surface area contributed by atoms with Gasteiger partial charge < -0.3 is 14.4 Å². The third-order valence-electron chi connectivity index (χ3n) is 14.6. The van der Waals surface area contributed by atoms with Crippen molar-refractivity contribution in [2.45, 2.75) is 0 Å². The Morgan fingerprint density at radius 3 is 1.11 bits per heavy atom. The van der Waals surface area contributed by atoms with Crippen molar-refractivity contribution in [2.75, 3.05) is 9.80 Å². The van der Waals surface area contributed by atoms with Gasteiger partial charge >= 0.3 is 0 Å². The van der Waals surface area contributed by atoms with E-state index < -0.39 is 0 Å². The average Bonchev–Trinajstić information content (AvgIpc) is 4.12. The normalized spacial score (nSPS) is 10.9. The lowest BCUT2D eigenvalue weighted by atomic mass is 9.98. The standard InChI is InChI=1S/C73H46N8/c1-74-57-33-37-61(38-34-57)79(59-20-12-6-13-21-59)63-41-44-70-65(47-63)66-48-64(80(60-22-14-7-15-23-60)62-39-35-58(75-2)36-40-62)42-45-71(66)81(70)72-43-32-56(46-69(72)76-3)52-26-24-50(25-27-52)51-28-30-54(31-29-51)68-49-67(53-16-8-4-9-17-53)77-73(78-68)55-18-10-5-11-19-55/h4-49H. The lowest BCUT2D eigenvalue weighted by Gasteiger charge is -2.26. The fraction of sp³-hybridized carbons (Fsp3) is 0. The first kappa shape index (κ1) is 49.0. The molecule has 13 aromatic rings. The maximum absolute atomic E-state index is 8.67. The smallest absolute Gasteiger partial charge is 0.211 e. The van der Waals surface area contributed by atoms with E-state index in [-0.39, 0.29) is 0 Å². The highest BCUT2D eigenvalue weighted by Gasteiger charge is 2.22. The third kappa shape index (κ3) is 9.57. The largest absolute Gasteiger partial charge is 0.319 e. The van der Waals surface area contributed by atoms with Crippen molar-refractivity contribution in [1.29, 1.82) is 0 Å². The van der Waals surface area contributed by atoms with Gasteiger partial charge in [0.15, 0.2) is 17.2 Å². The van der Waals surface area contributed by atoms with E-state index >= 15 is 0 Å². The molecule has 2 heterocycles. The SMILES string of the molecule is [C-]#[N+]c1ccc(N(c2ccccc2)c2ccc3c(c2)c2cc(N(c4ccccc4)c4ccc([N+]#[C-])cc4)ccc2n3-c2ccc(-c3ccc(-c4ccc(-c5cc(-c6ccccc6)nc(-c6ccccc6)n5)cc4)cc3)cc2[N+]#[C-])cc1. The van der Waals surface area contributed by atoms with Crippen molar-refractivity contribution in [3.8, 4) is 61.8 Å². The van der Waals surface area contributed by atoms with Crippen molar-refractivity contribution < 1.29 is 0 Å². The number of aromatic nitrogens is 3. The van der Waals surface area contributed by atoms with Gasteiger partial charge in [0, 0.05) is 61.6 Å². The van der Waals surface area contributed by atoms with Crippen LogP contribution in [0.5, 0.6) is 0 Å². The maximum Gasteiger partial charge on any atom is 0.211 e. The Morgan fingerprint density at radius 2 is 0.667 bits per heavy atom. The number of fused-ring (bicyclic) bond motifs is 3. The van der Waals surface area contributed by atoms with Crippen LogP contribution in [-0.2, 0) is 0 Å². The predicted molar refractivity (Wildman–Crippen MR) is 332 cm³/mol. The Bertz CT molecular complexity index is 4340. The summed E-state index contributed by atoms with van der Waals surface area (Å²) in [5.74, 6) is 0.681. The molecule has 378 valence electrons. The average molecular weight is 1040 g/mol. The van der Waals surface area contributed by atoms with Gasteiger partial charge in [0.2, 0.25) is 5.69 Å². The van der Waals surface area contributed by atoms with Gasteiger partial charge in [-0.2, -0.15) is 0 Å². The zero-order valence-electron chi connectivity index (χ0n) is 43.6. The molecular formula is C73H46N8. The quantitative estimate of drug-likeness (QED) is 0.114. The molecule has 2 aromatic heterocycles. The van der Waals surface area contributed by atoms with Gasteiger partial charge in [-0.25, -0.2) is 24.5 Å². The summed E-state index contributed by atoms with van der Waals surface area (Å²) < 4.78 is 2.21. The van der Waals surface area contributed by atoms with Crippen LogP contribution in [0.25, 0.3) is 98.2 Å². The molecule has 0 N–H and O–H groups in total. The molecule has 8 heteroatoms. The first-order valence-corrected chi connectivity index (χ1v) is 26.5. The van der Waals surface area contributed by atoms with E-state index in [1.165, 1.54) is 0 Å². The van der Waals surface area contributed by atoms with Gasteiger partial charge in [-0.1, -0.05) is 176 Å². The lowest BCUT2D eigenvalue weighted by Crippen LogP contribution is -2.09. The van der Waals surface area contributed by atoms with Gasteiger partial charge in [0.1, 0.15) is 0 Å². The highest BCUT2D eigenvalue weighted by molar-refractivity contribution is 6.12. The second kappa shape index (κ2) is 21.4. The Balaban J connectivity index is 0.881. The summed E-state index contributed by atoms with van der Waals surface area (Å²) in [6, 6.07) is 94.5. The van der Waals surface area contributed by atoms with Crippen LogP contribution in [0, 0.1) is 19.7 Å². The monoisotopic (exact) mass is 1030 g/mol. The van der Waals surface area contributed by atoms with Gasteiger partial charge in [0.05, 0.1) is 47.8 Å². The summed E-state index contributed by atoms with van der Waals surface area (Å²) in [7, 11) is 0. The number of hydrogen-bond acceptors (Lipinski definition) is 4. The van der Waals surface area contributed by atoms with Gasteiger partial charge in [-0.3, -0.25) is 0 Å². The molecule has 0 aliphatic rings. The number of para-hydroxylation sites is 2. The summed E-state index contributed by atoms with van der Waals surface area (Å²) in [6.45, 7) is 23.9. The van der Waals surface area contributed by atoms with Crippen molar-refractivity contribution in [3.63, 3.8) is 0 Å². The molecular weight excluding hydrogens is 989 g/mol. The predicted octanol–water partition coefficient (Wildman–Crippen LogP) is 20.5. The molecule has 11 aromatic carbocycles. The van der Waals surface area contributed by atoms with Crippen LogP contribution in [0.1, 0.15) is 0 Å². The summed E-state index contributed by atoms with van der Waals surface area (Å²) >= 11 is 0. The molecule has 0 saturated heterocycles. The second-order valence-electron chi connectivity index (χ2n) is 19.5. The molecule has 0 aliphatic heterocycles. The number of rotatable bonds is 12. The zero-order valence-corrected chi connectivity index (χ0v) is 43.6. The lowest BCUT2D eigenvalue weighted by molar-refractivity contribution is 1.18. The first-order valence-electron chi connectivity index (χ1n) is 26.5. The minimum absolute atomic E-state index is 0.520. The van der Waals surface area contributed by atoms with Gasteiger partial charge in [-0.15, -0.1) is 0 Å². The fourth-order valence-corrected chi connectivity index (χ4v) is 10.7. The van der Waals surface area contributed by atoms with Crippen molar-refractivity contribution in [1.82, 2.24) is 14.5 Å². The van der Waals surface area contributed by atoms with E-state index in [4.69, 9.17) is 29.7 Å². The topological polar surface area (TPSA) is 50.3 Å². The van der Waals surface area contributed by atoms with Crippen LogP contribution >= 0.6 is 0 Å². The zero-order chi connectivity index (χ0) is 54.7. The van der Waals surface area contributed by atoms with E-state index in [1.54, 1.807) is 0 Å². The van der Waals surface area contributed by atoms with Crippen LogP contribution in [0.15, 0.2) is 279 Å². The van der Waals surface area contributed by atoms with Crippen LogP contribution in [-0.4, -0.2) is 14.5 Å². The molecule has 0 radical (unpaired) electrons. The molecule has 0 spiro atoms. The Hall–Kier alpha value is -11.6. The van der Waals surface area contributed by atoms with E-state index in [1.807, 2.05) is 140 Å². The Labute approximate surface area is 470 Å². The molecule has 0 aliphatic carbocycles. The molecule has 8 nitrogen and oxygen atoms in total. The van der Waals surface area contributed by atoms with Crippen LogP contribution < -0.4 is 9.80 Å². The van der Waals surface area contributed by atoms with Gasteiger partial charge in [0.25, 0.3) is 0 Å². The number of nitrogens with zero attached hydrogens (tertiary/aromatic N) is 8. The summed E-state index contributed by atoms with van der Waals surface area (Å²) in [5, 5.41) is 1.99. The van der Waals surface area contributed by atoms with E-state index in [0.29, 0.717) is 22.9 Å². The van der Waals surface area contributed by atoms with Crippen molar-refractivity contribution in [3.05, 3.63) is 313 Å². The summed E-state index contributed by atoms with van der Waals surface area (Å²) in [6.07, 6.45) is 0. The van der Waals surface area contributed by atoms with Gasteiger partial charge in [-0.05, 0) is 125 Å². The molecule has 81 heavy (non-hydrogen) atoms. The molecule has 0 unspecified atom stereocenters. The molecule has 0 fully saturated rings. The van der Waals surface area contributed by atoms with Crippen LogP contribution in [0.2, 0.25) is 0 Å². The van der Waals surface area contributed by atoms with Crippen molar-refractivity contribution in [2.24, 2.45) is 0 Å². The second-order valence-corrected chi connectivity index (χ2v) is 19.5. The van der Waals surface area contributed by atoms with Crippen molar-refractivity contribution >= 4 is 73.0 Å². The minimum Gasteiger partial charge on any atom is -0.319 e. The van der Waals surface area contributed by atoms with E-state index in [0.717, 1.165) is 112 Å². The minimum atomic E-state index is 0.520. The fourth-order valence-electron chi connectivity index (χ4n) is 10.7. The molecule has 0 saturated carbocycles. The molecule has 0 atom stereocenters. The number of benzene rings is 11. The number of hydrogen-bond donors (Lipinski definition) is 0. The Morgan fingerprint density at radius 1 is 0.296 bits per heavy atom. The van der Waals surface area contributed by atoms with Crippen LogP contribution in [0.4, 0.5) is 51.2 Å². The van der Waals surface area contributed by atoms with E-state index in [9.17, 15) is 0 Å². The summed E-state index contributed by atoms with van der Waals surface area (Å²) in [5.41, 5.74) is 18.8. The molecule has 0 bridgehead atoms. The number of anilines is 6. The molecule has 13 rings (SSSR count). The van der Waals surface area contributed by atoms with Crippen LogP contribution in [0.3, 0.4) is 0 Å². The highest BCUT2D eigenvalue weighted by atomic mass is 15.2.